The van der Waals surface area contributed by atoms with Crippen LogP contribution in [0.2, 0.25) is 0 Å². The second-order valence-electron chi connectivity index (χ2n) is 5.30. The Hall–Kier alpha value is -1.01. The summed E-state index contributed by atoms with van der Waals surface area (Å²) >= 11 is 1.37. The number of carbonyl (C=O) groups excluding carboxylic acids is 1. The zero-order chi connectivity index (χ0) is 12.6. The highest BCUT2D eigenvalue weighted by molar-refractivity contribution is 7.03. The maximum Gasteiger partial charge on any atom is 0.313 e. The monoisotopic (exact) mass is 267 g/mol. The minimum atomic E-state index is -0.252. The van der Waals surface area contributed by atoms with E-state index >= 15 is 0 Å². The van der Waals surface area contributed by atoms with Gasteiger partial charge in [0.25, 0.3) is 0 Å². The van der Waals surface area contributed by atoms with Gasteiger partial charge in [-0.05, 0) is 30.3 Å². The largest absolute Gasteiger partial charge is 0.469 e. The molecular weight excluding hydrogens is 250 g/mol. The van der Waals surface area contributed by atoms with Crippen LogP contribution in [0.15, 0.2) is 5.38 Å². The number of ether oxygens (including phenoxy) is 1. The number of likely N-dealkylation sites (tertiary alicyclic amines) is 1. The van der Waals surface area contributed by atoms with Crippen LogP contribution in [0.3, 0.4) is 0 Å². The Morgan fingerprint density at radius 1 is 1.72 bits per heavy atom. The summed E-state index contributed by atoms with van der Waals surface area (Å²) in [4.78, 5) is 14.4. The fourth-order valence-electron chi connectivity index (χ4n) is 3.53. The quantitative estimate of drug-likeness (QED) is 0.773. The average molecular weight is 267 g/mol. The zero-order valence-corrected chi connectivity index (χ0v) is 11.3. The molecule has 2 atom stereocenters. The lowest BCUT2D eigenvalue weighted by Gasteiger charge is -2.25. The molecule has 0 radical (unpaired) electrons. The molecule has 0 spiro atoms. The number of nitrogens with zero attached hydrogens (tertiary/aromatic N) is 3. The van der Waals surface area contributed by atoms with E-state index in [-0.39, 0.29) is 11.4 Å². The number of rotatable bonds is 3. The minimum Gasteiger partial charge on any atom is -0.469 e. The Labute approximate surface area is 110 Å². The summed E-state index contributed by atoms with van der Waals surface area (Å²) < 4.78 is 8.91. The third-order valence-corrected chi connectivity index (χ3v) is 4.88. The molecule has 3 rings (SSSR count). The van der Waals surface area contributed by atoms with Gasteiger partial charge in [-0.2, -0.15) is 0 Å². The van der Waals surface area contributed by atoms with E-state index in [2.05, 4.69) is 14.5 Å². The lowest BCUT2D eigenvalue weighted by Crippen LogP contribution is -2.36. The van der Waals surface area contributed by atoms with Crippen molar-refractivity contribution in [3.05, 3.63) is 11.1 Å². The molecule has 5 nitrogen and oxygen atoms in total. The van der Waals surface area contributed by atoms with Crippen molar-refractivity contribution in [3.8, 4) is 0 Å². The number of aromatic nitrogens is 2. The van der Waals surface area contributed by atoms with E-state index < -0.39 is 0 Å². The van der Waals surface area contributed by atoms with Crippen LogP contribution in [0, 0.1) is 11.3 Å². The number of hydrogen-bond donors (Lipinski definition) is 0. The molecule has 1 saturated heterocycles. The molecule has 1 aliphatic heterocycles. The summed E-state index contributed by atoms with van der Waals surface area (Å²) in [5.41, 5.74) is 0.748. The molecule has 1 aromatic heterocycles. The summed E-state index contributed by atoms with van der Waals surface area (Å²) in [6, 6.07) is 0. The fourth-order valence-corrected chi connectivity index (χ4v) is 3.98. The number of carbonyl (C=O) groups is 1. The molecule has 18 heavy (non-hydrogen) atoms. The van der Waals surface area contributed by atoms with E-state index in [1.54, 1.807) is 0 Å². The molecule has 0 unspecified atom stereocenters. The van der Waals surface area contributed by atoms with Crippen LogP contribution in [-0.2, 0) is 16.1 Å². The van der Waals surface area contributed by atoms with Gasteiger partial charge in [-0.25, -0.2) is 0 Å². The van der Waals surface area contributed by atoms with Crippen LogP contribution in [-0.4, -0.2) is 40.7 Å². The van der Waals surface area contributed by atoms with Crippen LogP contribution >= 0.6 is 11.5 Å². The highest BCUT2D eigenvalue weighted by atomic mass is 32.1. The molecule has 0 bridgehead atoms. The number of fused-ring (bicyclic) bond motifs is 1. The van der Waals surface area contributed by atoms with Gasteiger partial charge in [0.05, 0.1) is 18.2 Å². The standard InChI is InChI=1S/C12H17N3O2S/c1-17-11(16)12-4-2-3-9(12)5-15(8-12)6-10-7-18-14-13-10/h7,9H,2-6,8H2,1H3/t9-,12-/m1/s1. The molecule has 6 heteroatoms. The maximum absolute atomic E-state index is 12.1. The Morgan fingerprint density at radius 2 is 2.61 bits per heavy atom. The van der Waals surface area contributed by atoms with Crippen LogP contribution in [0.5, 0.6) is 0 Å². The second kappa shape index (κ2) is 4.59. The summed E-state index contributed by atoms with van der Waals surface area (Å²) in [7, 11) is 1.50. The van der Waals surface area contributed by atoms with Crippen molar-refractivity contribution in [2.45, 2.75) is 25.8 Å². The summed E-state index contributed by atoms with van der Waals surface area (Å²) in [6.07, 6.45) is 3.25. The first-order valence-electron chi connectivity index (χ1n) is 6.31. The van der Waals surface area contributed by atoms with Gasteiger partial charge < -0.3 is 4.74 Å². The average Bonchev–Trinajstić information content (AvgIpc) is 3.03. The molecule has 1 aliphatic carbocycles. The molecular formula is C12H17N3O2S. The Morgan fingerprint density at radius 3 is 3.33 bits per heavy atom. The van der Waals surface area contributed by atoms with E-state index in [0.29, 0.717) is 5.92 Å². The summed E-state index contributed by atoms with van der Waals surface area (Å²) in [6.45, 7) is 2.58. The van der Waals surface area contributed by atoms with Crippen molar-refractivity contribution in [1.82, 2.24) is 14.5 Å². The SMILES string of the molecule is COC(=O)[C@@]12CCC[C@@H]1CN(Cc1csnn1)C2. The third-order valence-electron chi connectivity index (χ3n) is 4.32. The van der Waals surface area contributed by atoms with Gasteiger partial charge in [0.15, 0.2) is 0 Å². The highest BCUT2D eigenvalue weighted by Gasteiger charge is 2.55. The summed E-state index contributed by atoms with van der Waals surface area (Å²) in [5.74, 6) is 0.431. The smallest absolute Gasteiger partial charge is 0.313 e. The molecule has 98 valence electrons. The molecule has 2 heterocycles. The number of methoxy groups -OCH3 is 1. The molecule has 2 aliphatic rings. The lowest BCUT2D eigenvalue weighted by atomic mass is 9.81. The second-order valence-corrected chi connectivity index (χ2v) is 5.91. The van der Waals surface area contributed by atoms with Crippen molar-refractivity contribution in [2.24, 2.45) is 11.3 Å². The number of hydrogen-bond acceptors (Lipinski definition) is 6. The first-order valence-corrected chi connectivity index (χ1v) is 7.15. The molecule has 0 aromatic carbocycles. The predicted octanol–water partition coefficient (Wildman–Crippen LogP) is 1.31. The zero-order valence-electron chi connectivity index (χ0n) is 10.5. The molecule has 2 fully saturated rings. The molecule has 0 N–H and O–H groups in total. The minimum absolute atomic E-state index is 0.0242. The lowest BCUT2D eigenvalue weighted by molar-refractivity contribution is -0.153. The van der Waals surface area contributed by atoms with E-state index in [9.17, 15) is 4.79 Å². The van der Waals surface area contributed by atoms with Crippen molar-refractivity contribution >= 4 is 17.5 Å². The van der Waals surface area contributed by atoms with Crippen LogP contribution in [0.25, 0.3) is 0 Å². The third kappa shape index (κ3) is 1.83. The van der Waals surface area contributed by atoms with Gasteiger partial charge in [0.2, 0.25) is 0 Å². The van der Waals surface area contributed by atoms with Crippen LogP contribution in [0.1, 0.15) is 25.0 Å². The van der Waals surface area contributed by atoms with E-state index in [4.69, 9.17) is 4.74 Å². The topological polar surface area (TPSA) is 55.3 Å². The van der Waals surface area contributed by atoms with Crippen LogP contribution in [0.4, 0.5) is 0 Å². The highest BCUT2D eigenvalue weighted by Crippen LogP contribution is 2.49. The van der Waals surface area contributed by atoms with Gasteiger partial charge >= 0.3 is 5.97 Å². The Bertz CT molecular complexity index is 437. The Balaban J connectivity index is 1.74. The molecule has 0 amide bonds. The van der Waals surface area contributed by atoms with Crippen molar-refractivity contribution < 1.29 is 9.53 Å². The molecule has 1 aromatic rings. The molecule has 1 saturated carbocycles. The van der Waals surface area contributed by atoms with Crippen LogP contribution < -0.4 is 0 Å². The normalized spacial score (nSPS) is 31.5. The van der Waals surface area contributed by atoms with Crippen molar-refractivity contribution in [1.29, 1.82) is 0 Å². The fraction of sp³-hybridized carbons (Fsp3) is 0.750. The van der Waals surface area contributed by atoms with E-state index in [0.717, 1.165) is 44.6 Å². The van der Waals surface area contributed by atoms with Crippen molar-refractivity contribution in [2.75, 3.05) is 20.2 Å². The van der Waals surface area contributed by atoms with Gasteiger partial charge in [-0.3, -0.25) is 9.69 Å². The van der Waals surface area contributed by atoms with E-state index in [1.165, 1.54) is 18.6 Å². The Kier molecular flexibility index (Phi) is 3.07. The summed E-state index contributed by atoms with van der Waals surface area (Å²) in [5, 5.41) is 6.04. The van der Waals surface area contributed by atoms with Gasteiger partial charge in [0.1, 0.15) is 0 Å². The van der Waals surface area contributed by atoms with E-state index in [1.807, 2.05) is 5.38 Å². The maximum atomic E-state index is 12.1. The predicted molar refractivity (Wildman–Crippen MR) is 67.0 cm³/mol. The van der Waals surface area contributed by atoms with Gasteiger partial charge in [0, 0.05) is 25.0 Å². The first kappa shape index (κ1) is 12.0. The first-order chi connectivity index (χ1) is 8.74. The van der Waals surface area contributed by atoms with Crippen molar-refractivity contribution in [3.63, 3.8) is 0 Å². The van der Waals surface area contributed by atoms with Gasteiger partial charge in [-0.1, -0.05) is 10.9 Å². The van der Waals surface area contributed by atoms with Gasteiger partial charge in [-0.15, -0.1) is 5.10 Å². The number of esters is 1.